The molecule has 1 aromatic carbocycles. The minimum atomic E-state index is -0.410. The Labute approximate surface area is 167 Å². The molecule has 1 N–H and O–H groups in total. The van der Waals surface area contributed by atoms with Crippen LogP contribution in [0.3, 0.4) is 0 Å². The summed E-state index contributed by atoms with van der Waals surface area (Å²) in [6.45, 7) is 5.80. The summed E-state index contributed by atoms with van der Waals surface area (Å²) in [5.74, 6) is 1.01. The zero-order valence-corrected chi connectivity index (χ0v) is 17.3. The van der Waals surface area contributed by atoms with E-state index in [9.17, 15) is 4.79 Å². The highest BCUT2D eigenvalue weighted by Gasteiger charge is 2.23. The fourth-order valence-corrected chi connectivity index (χ4v) is 3.83. The van der Waals surface area contributed by atoms with Gasteiger partial charge in [-0.05, 0) is 38.5 Å². The highest BCUT2D eigenvalue weighted by Crippen LogP contribution is 2.39. The molecule has 3 rings (SSSR count). The predicted octanol–water partition coefficient (Wildman–Crippen LogP) is 3.63. The third-order valence-electron chi connectivity index (χ3n) is 4.32. The summed E-state index contributed by atoms with van der Waals surface area (Å²) in [5, 5.41) is 16.7. The van der Waals surface area contributed by atoms with Crippen molar-refractivity contribution in [1.29, 1.82) is 0 Å². The van der Waals surface area contributed by atoms with Gasteiger partial charge in [0.1, 0.15) is 6.04 Å². The molecule has 2 heterocycles. The second kappa shape index (κ2) is 8.39. The maximum absolute atomic E-state index is 12.8. The molecule has 1 amide bonds. The molecule has 0 aliphatic carbocycles. The van der Waals surface area contributed by atoms with Crippen molar-refractivity contribution >= 4 is 22.4 Å². The second-order valence-corrected chi connectivity index (χ2v) is 7.22. The number of ether oxygens (including phenoxy) is 2. The predicted molar refractivity (Wildman–Crippen MR) is 108 cm³/mol. The van der Waals surface area contributed by atoms with Gasteiger partial charge < -0.3 is 9.47 Å². The number of carbonyl (C=O) groups excluding carboxylic acids is 1. The van der Waals surface area contributed by atoms with Gasteiger partial charge in [0.25, 0.3) is 5.91 Å². The van der Waals surface area contributed by atoms with Crippen molar-refractivity contribution in [2.24, 2.45) is 0 Å². The highest BCUT2D eigenvalue weighted by atomic mass is 32.1. The first-order chi connectivity index (χ1) is 13.5. The van der Waals surface area contributed by atoms with Crippen LogP contribution in [0.1, 0.15) is 30.8 Å². The first-order valence-corrected chi connectivity index (χ1v) is 9.68. The number of aryl methyl sites for hydroxylation is 2. The molecule has 9 heteroatoms. The van der Waals surface area contributed by atoms with Crippen molar-refractivity contribution in [2.75, 3.05) is 19.5 Å². The summed E-state index contributed by atoms with van der Waals surface area (Å²) in [6, 6.07) is 7.08. The molecular formula is C19H23N5O3S. The van der Waals surface area contributed by atoms with Crippen LogP contribution in [0.25, 0.3) is 10.6 Å². The molecule has 3 aromatic rings. The Balaban J connectivity index is 1.83. The smallest absolute Gasteiger partial charge is 0.251 e. The lowest BCUT2D eigenvalue weighted by atomic mass is 10.2. The zero-order valence-electron chi connectivity index (χ0n) is 16.5. The average Bonchev–Trinajstić information content (AvgIpc) is 3.27. The number of carbonyl (C=O) groups is 1. The number of hydrogen-bond acceptors (Lipinski definition) is 7. The van der Waals surface area contributed by atoms with Crippen LogP contribution in [0.2, 0.25) is 0 Å². The SMILES string of the molecule is CC[C@@H](C(=O)Nc1nnc(-c2cccc(OC)c2OC)s1)n1nc(C)cc1C. The monoisotopic (exact) mass is 401 g/mol. The number of nitrogens with one attached hydrogen (secondary N) is 1. The van der Waals surface area contributed by atoms with Crippen LogP contribution < -0.4 is 14.8 Å². The molecule has 0 saturated carbocycles. The molecule has 0 fully saturated rings. The van der Waals surface area contributed by atoms with Gasteiger partial charge in [0.15, 0.2) is 16.5 Å². The number of hydrogen-bond donors (Lipinski definition) is 1. The van der Waals surface area contributed by atoms with Gasteiger partial charge in [0.05, 0.1) is 25.5 Å². The summed E-state index contributed by atoms with van der Waals surface area (Å²) in [5.41, 5.74) is 2.58. The molecule has 0 aliphatic heterocycles. The normalized spacial score (nSPS) is 11.9. The Morgan fingerprint density at radius 2 is 2.04 bits per heavy atom. The first-order valence-electron chi connectivity index (χ1n) is 8.87. The summed E-state index contributed by atoms with van der Waals surface area (Å²) in [7, 11) is 3.16. The Kier molecular flexibility index (Phi) is 5.93. The van der Waals surface area contributed by atoms with E-state index >= 15 is 0 Å². The van der Waals surface area contributed by atoms with E-state index in [1.807, 2.05) is 45.0 Å². The van der Waals surface area contributed by atoms with Gasteiger partial charge in [-0.2, -0.15) is 5.10 Å². The van der Waals surface area contributed by atoms with Gasteiger partial charge in [-0.25, -0.2) is 0 Å². The fraction of sp³-hybridized carbons (Fsp3) is 0.368. The number of rotatable bonds is 7. The van der Waals surface area contributed by atoms with E-state index in [2.05, 4.69) is 20.6 Å². The lowest BCUT2D eigenvalue weighted by molar-refractivity contribution is -0.119. The van der Waals surface area contributed by atoms with Crippen molar-refractivity contribution in [1.82, 2.24) is 20.0 Å². The van der Waals surface area contributed by atoms with Crippen LogP contribution in [0.4, 0.5) is 5.13 Å². The van der Waals surface area contributed by atoms with Crippen molar-refractivity contribution in [3.63, 3.8) is 0 Å². The van der Waals surface area contributed by atoms with E-state index in [1.54, 1.807) is 18.9 Å². The third-order valence-corrected chi connectivity index (χ3v) is 5.19. The number of methoxy groups -OCH3 is 2. The zero-order chi connectivity index (χ0) is 20.3. The molecule has 0 unspecified atom stereocenters. The molecule has 28 heavy (non-hydrogen) atoms. The van der Waals surface area contributed by atoms with Crippen molar-refractivity contribution in [2.45, 2.75) is 33.2 Å². The fourth-order valence-electron chi connectivity index (χ4n) is 3.06. The summed E-state index contributed by atoms with van der Waals surface area (Å²) < 4.78 is 12.5. The Hall–Kier alpha value is -2.94. The van der Waals surface area contributed by atoms with E-state index in [4.69, 9.17) is 9.47 Å². The van der Waals surface area contributed by atoms with Gasteiger partial charge in [-0.1, -0.05) is 24.3 Å². The lowest BCUT2D eigenvalue weighted by Gasteiger charge is -2.16. The average molecular weight is 401 g/mol. The number of amides is 1. The number of aromatic nitrogens is 4. The van der Waals surface area contributed by atoms with Crippen LogP contribution in [-0.4, -0.2) is 40.1 Å². The number of benzene rings is 1. The molecular weight excluding hydrogens is 378 g/mol. The van der Waals surface area contributed by atoms with Gasteiger partial charge >= 0.3 is 0 Å². The van der Waals surface area contributed by atoms with E-state index in [1.165, 1.54) is 11.3 Å². The Morgan fingerprint density at radius 3 is 2.64 bits per heavy atom. The minimum absolute atomic E-state index is 0.172. The van der Waals surface area contributed by atoms with Crippen molar-refractivity contribution < 1.29 is 14.3 Å². The second-order valence-electron chi connectivity index (χ2n) is 6.24. The highest BCUT2D eigenvalue weighted by molar-refractivity contribution is 7.18. The quantitative estimate of drug-likeness (QED) is 0.650. The summed E-state index contributed by atoms with van der Waals surface area (Å²) >= 11 is 1.28. The van der Waals surface area contributed by atoms with Crippen LogP contribution in [-0.2, 0) is 4.79 Å². The van der Waals surface area contributed by atoms with Gasteiger partial charge in [0.2, 0.25) is 5.13 Å². The van der Waals surface area contributed by atoms with E-state index in [-0.39, 0.29) is 5.91 Å². The first kappa shape index (κ1) is 19.8. The van der Waals surface area contributed by atoms with E-state index in [0.717, 1.165) is 17.0 Å². The Bertz CT molecular complexity index is 982. The molecule has 0 bridgehead atoms. The molecule has 0 spiro atoms. The largest absolute Gasteiger partial charge is 0.493 e. The van der Waals surface area contributed by atoms with E-state index < -0.39 is 6.04 Å². The van der Waals surface area contributed by atoms with Gasteiger partial charge in [-0.15, -0.1) is 10.2 Å². The maximum atomic E-state index is 12.8. The van der Waals surface area contributed by atoms with Crippen LogP contribution >= 0.6 is 11.3 Å². The summed E-state index contributed by atoms with van der Waals surface area (Å²) in [4.78, 5) is 12.8. The third kappa shape index (κ3) is 3.84. The molecule has 0 aliphatic rings. The molecule has 8 nitrogen and oxygen atoms in total. The maximum Gasteiger partial charge on any atom is 0.251 e. The number of nitrogens with zero attached hydrogens (tertiary/aromatic N) is 4. The van der Waals surface area contributed by atoms with Gasteiger partial charge in [0, 0.05) is 5.69 Å². The van der Waals surface area contributed by atoms with Crippen LogP contribution in [0.15, 0.2) is 24.3 Å². The standard InChI is InChI=1S/C19H23N5O3S/c1-6-14(24-12(3)10-11(2)23-24)17(25)20-19-22-21-18(28-19)13-8-7-9-15(26-4)16(13)27-5/h7-10,14H,6H2,1-5H3,(H,20,22,25)/t14-/m0/s1. The van der Waals surface area contributed by atoms with Crippen molar-refractivity contribution in [3.8, 4) is 22.1 Å². The molecule has 0 saturated heterocycles. The topological polar surface area (TPSA) is 91.2 Å². The van der Waals surface area contributed by atoms with Crippen LogP contribution in [0.5, 0.6) is 11.5 Å². The van der Waals surface area contributed by atoms with Crippen LogP contribution in [0, 0.1) is 13.8 Å². The van der Waals surface area contributed by atoms with Gasteiger partial charge in [-0.3, -0.25) is 14.8 Å². The molecule has 1 atom stereocenters. The summed E-state index contributed by atoms with van der Waals surface area (Å²) in [6.07, 6.45) is 0.614. The van der Waals surface area contributed by atoms with E-state index in [0.29, 0.717) is 28.1 Å². The lowest BCUT2D eigenvalue weighted by Crippen LogP contribution is -2.27. The number of anilines is 1. The minimum Gasteiger partial charge on any atom is -0.493 e. The van der Waals surface area contributed by atoms with Crippen molar-refractivity contribution in [3.05, 3.63) is 35.7 Å². The molecule has 0 radical (unpaired) electrons. The molecule has 148 valence electrons. The Morgan fingerprint density at radius 1 is 1.25 bits per heavy atom. The molecule has 2 aromatic heterocycles. The number of para-hydroxylation sites is 1.